The minimum Gasteiger partial charge on any atom is -0.493 e. The van der Waals surface area contributed by atoms with E-state index < -0.39 is 5.91 Å². The second-order valence-corrected chi connectivity index (χ2v) is 6.26. The van der Waals surface area contributed by atoms with Gasteiger partial charge in [0.05, 0.1) is 10.9 Å². The van der Waals surface area contributed by atoms with Crippen LogP contribution < -0.4 is 5.56 Å². The molecule has 0 atom stereocenters. The van der Waals surface area contributed by atoms with Crippen molar-refractivity contribution in [3.05, 3.63) is 64.6 Å². The van der Waals surface area contributed by atoms with E-state index in [4.69, 9.17) is 0 Å². The first-order valence-electron chi connectivity index (χ1n) is 8.75. The Labute approximate surface area is 159 Å². The maximum absolute atomic E-state index is 12.7. The van der Waals surface area contributed by atoms with Crippen molar-refractivity contribution in [2.45, 2.75) is 13.5 Å². The lowest BCUT2D eigenvalue weighted by Gasteiger charge is -2.04. The fourth-order valence-electron chi connectivity index (χ4n) is 3.29. The standard InChI is InChI=1S/C20H17N5O3/c1-3-25-15-11-7-6-10-14(15)17(20(25)28)21-22-18(26)16-12-8-4-5-9-13(12)19(27)24(2)23-16/h4-11,28H,3H2,1-2H3. The number of benzene rings is 2. The summed E-state index contributed by atoms with van der Waals surface area (Å²) in [5.41, 5.74) is 0.752. The van der Waals surface area contributed by atoms with Crippen LogP contribution in [-0.4, -0.2) is 25.4 Å². The summed E-state index contributed by atoms with van der Waals surface area (Å²) in [6.07, 6.45) is 0. The zero-order valence-corrected chi connectivity index (χ0v) is 15.3. The summed E-state index contributed by atoms with van der Waals surface area (Å²) in [6, 6.07) is 14.1. The van der Waals surface area contributed by atoms with Gasteiger partial charge in [-0.1, -0.05) is 36.4 Å². The number of amides is 1. The van der Waals surface area contributed by atoms with Gasteiger partial charge in [-0.15, -0.1) is 10.2 Å². The van der Waals surface area contributed by atoms with Crippen LogP contribution in [0.2, 0.25) is 0 Å². The zero-order chi connectivity index (χ0) is 19.8. The van der Waals surface area contributed by atoms with Gasteiger partial charge < -0.3 is 9.67 Å². The van der Waals surface area contributed by atoms with Gasteiger partial charge in [0.15, 0.2) is 11.4 Å². The molecule has 8 heteroatoms. The summed E-state index contributed by atoms with van der Waals surface area (Å²) >= 11 is 0. The van der Waals surface area contributed by atoms with E-state index in [2.05, 4.69) is 15.3 Å². The molecular formula is C20H17N5O3. The Kier molecular flexibility index (Phi) is 4.23. The Morgan fingerprint density at radius 2 is 1.71 bits per heavy atom. The molecule has 0 saturated carbocycles. The number of hydrogen-bond acceptors (Lipinski definition) is 5. The molecule has 2 aromatic carbocycles. The molecule has 0 radical (unpaired) electrons. The molecule has 28 heavy (non-hydrogen) atoms. The molecule has 1 amide bonds. The molecule has 2 heterocycles. The maximum atomic E-state index is 12.7. The minimum absolute atomic E-state index is 0.0279. The van der Waals surface area contributed by atoms with E-state index in [0.717, 1.165) is 10.2 Å². The SMILES string of the molecule is CCn1c(O)c(N=NC(=O)c2nn(C)c(=O)c3ccccc23)c2ccccc21. The second-order valence-electron chi connectivity index (χ2n) is 6.26. The van der Waals surface area contributed by atoms with Crippen LogP contribution in [0.25, 0.3) is 21.7 Å². The molecule has 0 unspecified atom stereocenters. The lowest BCUT2D eigenvalue weighted by molar-refractivity contribution is 0.0990. The number of aryl methyl sites for hydroxylation is 2. The third-order valence-electron chi connectivity index (χ3n) is 4.63. The number of para-hydroxylation sites is 1. The number of hydrogen-bond donors (Lipinski definition) is 1. The first-order valence-corrected chi connectivity index (χ1v) is 8.75. The molecular weight excluding hydrogens is 358 g/mol. The summed E-state index contributed by atoms with van der Waals surface area (Å²) in [5.74, 6) is -0.752. The van der Waals surface area contributed by atoms with Gasteiger partial charge in [0.1, 0.15) is 0 Å². The largest absolute Gasteiger partial charge is 0.493 e. The van der Waals surface area contributed by atoms with E-state index in [0.29, 0.717) is 22.7 Å². The third kappa shape index (κ3) is 2.66. The van der Waals surface area contributed by atoms with E-state index in [1.54, 1.807) is 34.9 Å². The lowest BCUT2D eigenvalue weighted by Crippen LogP contribution is -2.22. The van der Waals surface area contributed by atoms with E-state index in [1.807, 2.05) is 25.1 Å². The molecule has 0 bridgehead atoms. The second kappa shape index (κ2) is 6.73. The molecule has 1 N–H and O–H groups in total. The molecule has 0 aliphatic rings. The fraction of sp³-hybridized carbons (Fsp3) is 0.150. The lowest BCUT2D eigenvalue weighted by atomic mass is 10.1. The number of aromatic nitrogens is 3. The Bertz CT molecular complexity index is 1320. The number of azo groups is 1. The normalized spacial score (nSPS) is 11.6. The van der Waals surface area contributed by atoms with Gasteiger partial charge in [0.25, 0.3) is 5.56 Å². The van der Waals surface area contributed by atoms with Gasteiger partial charge in [0, 0.05) is 24.4 Å². The van der Waals surface area contributed by atoms with E-state index >= 15 is 0 Å². The van der Waals surface area contributed by atoms with Crippen molar-refractivity contribution in [2.24, 2.45) is 17.3 Å². The van der Waals surface area contributed by atoms with Gasteiger partial charge >= 0.3 is 5.91 Å². The van der Waals surface area contributed by atoms with Crippen molar-refractivity contribution in [1.82, 2.24) is 14.3 Å². The fourth-order valence-corrected chi connectivity index (χ4v) is 3.29. The quantitative estimate of drug-likeness (QED) is 0.553. The third-order valence-corrected chi connectivity index (χ3v) is 4.63. The smallest absolute Gasteiger partial charge is 0.316 e. The number of aromatic hydroxyl groups is 1. The van der Waals surface area contributed by atoms with Crippen molar-refractivity contribution in [3.8, 4) is 5.88 Å². The summed E-state index contributed by atoms with van der Waals surface area (Å²) in [6.45, 7) is 2.45. The molecule has 0 fully saturated rings. The van der Waals surface area contributed by atoms with E-state index in [9.17, 15) is 14.7 Å². The molecule has 0 aliphatic carbocycles. The number of carbonyl (C=O) groups is 1. The van der Waals surface area contributed by atoms with Gasteiger partial charge in [-0.05, 0) is 19.1 Å². The number of carbonyl (C=O) groups excluding carboxylic acids is 1. The summed E-state index contributed by atoms with van der Waals surface area (Å²) in [4.78, 5) is 24.9. The highest BCUT2D eigenvalue weighted by Crippen LogP contribution is 2.38. The first kappa shape index (κ1) is 17.6. The average Bonchev–Trinajstić information content (AvgIpc) is 2.99. The van der Waals surface area contributed by atoms with Crippen molar-refractivity contribution in [3.63, 3.8) is 0 Å². The minimum atomic E-state index is -0.695. The van der Waals surface area contributed by atoms with Gasteiger partial charge in [-0.3, -0.25) is 9.59 Å². The number of rotatable bonds is 3. The monoisotopic (exact) mass is 375 g/mol. The molecule has 4 rings (SSSR count). The molecule has 8 nitrogen and oxygen atoms in total. The summed E-state index contributed by atoms with van der Waals surface area (Å²) in [5, 5.41) is 23.8. The van der Waals surface area contributed by atoms with Crippen LogP contribution in [0.15, 0.2) is 63.6 Å². The van der Waals surface area contributed by atoms with Crippen molar-refractivity contribution < 1.29 is 9.90 Å². The van der Waals surface area contributed by atoms with Crippen molar-refractivity contribution >= 4 is 33.3 Å². The van der Waals surface area contributed by atoms with Crippen LogP contribution in [-0.2, 0) is 13.6 Å². The Morgan fingerprint density at radius 3 is 2.43 bits per heavy atom. The molecule has 0 saturated heterocycles. The Balaban J connectivity index is 1.83. The number of fused-ring (bicyclic) bond motifs is 2. The van der Waals surface area contributed by atoms with E-state index in [-0.39, 0.29) is 22.8 Å². The summed E-state index contributed by atoms with van der Waals surface area (Å²) < 4.78 is 2.79. The van der Waals surface area contributed by atoms with Crippen molar-refractivity contribution in [2.75, 3.05) is 0 Å². The molecule has 2 aromatic heterocycles. The van der Waals surface area contributed by atoms with Crippen LogP contribution >= 0.6 is 0 Å². The van der Waals surface area contributed by atoms with Gasteiger partial charge in [-0.2, -0.15) is 5.10 Å². The highest BCUT2D eigenvalue weighted by Gasteiger charge is 2.18. The molecule has 140 valence electrons. The zero-order valence-electron chi connectivity index (χ0n) is 15.3. The topological polar surface area (TPSA) is 102 Å². The van der Waals surface area contributed by atoms with E-state index in [1.165, 1.54) is 7.05 Å². The van der Waals surface area contributed by atoms with Crippen LogP contribution in [0.3, 0.4) is 0 Å². The predicted molar refractivity (Wildman–Crippen MR) is 105 cm³/mol. The summed E-state index contributed by atoms with van der Waals surface area (Å²) in [7, 11) is 1.48. The molecule has 4 aromatic rings. The van der Waals surface area contributed by atoms with Gasteiger partial charge in [0.2, 0.25) is 5.88 Å². The molecule has 0 aliphatic heterocycles. The van der Waals surface area contributed by atoms with Crippen LogP contribution in [0, 0.1) is 0 Å². The Hall–Kier alpha value is -3.81. The van der Waals surface area contributed by atoms with Crippen molar-refractivity contribution in [1.29, 1.82) is 0 Å². The van der Waals surface area contributed by atoms with Crippen LogP contribution in [0.5, 0.6) is 5.88 Å². The molecule has 0 spiro atoms. The highest BCUT2D eigenvalue weighted by atomic mass is 16.3. The maximum Gasteiger partial charge on any atom is 0.316 e. The van der Waals surface area contributed by atoms with Crippen LogP contribution in [0.1, 0.15) is 17.4 Å². The number of nitrogens with zero attached hydrogens (tertiary/aromatic N) is 5. The van der Waals surface area contributed by atoms with Crippen LogP contribution in [0.4, 0.5) is 5.69 Å². The first-order chi connectivity index (χ1) is 13.5. The predicted octanol–water partition coefficient (Wildman–Crippen LogP) is 3.54. The van der Waals surface area contributed by atoms with Gasteiger partial charge in [-0.25, -0.2) is 4.68 Å². The highest BCUT2D eigenvalue weighted by molar-refractivity contribution is 6.05. The Morgan fingerprint density at radius 1 is 1.07 bits per heavy atom. The average molecular weight is 375 g/mol.